The maximum absolute atomic E-state index is 13.9. The zero-order valence-corrected chi connectivity index (χ0v) is 12.8. The second-order valence-electron chi connectivity index (χ2n) is 4.34. The van der Waals surface area contributed by atoms with Gasteiger partial charge in [-0.05, 0) is 28.1 Å². The first kappa shape index (κ1) is 15.6. The molecule has 1 unspecified atom stereocenters. The van der Waals surface area contributed by atoms with Crippen molar-refractivity contribution in [3.05, 3.63) is 22.4 Å². The highest BCUT2D eigenvalue weighted by Gasteiger charge is 2.32. The monoisotopic (exact) mass is 368 g/mol. The van der Waals surface area contributed by atoms with Crippen molar-refractivity contribution in [1.29, 1.82) is 0 Å². The van der Waals surface area contributed by atoms with Crippen LogP contribution in [0.1, 0.15) is 0 Å². The number of nitrogen functional groups attached to an aromatic ring is 1. The van der Waals surface area contributed by atoms with Gasteiger partial charge < -0.3 is 15.6 Å². The molecule has 1 aromatic carbocycles. The lowest BCUT2D eigenvalue weighted by molar-refractivity contribution is -0.0305. The van der Waals surface area contributed by atoms with E-state index in [9.17, 15) is 12.8 Å². The van der Waals surface area contributed by atoms with Crippen LogP contribution in [0.15, 0.2) is 21.5 Å². The highest BCUT2D eigenvalue weighted by atomic mass is 79.9. The van der Waals surface area contributed by atoms with Gasteiger partial charge in [0.15, 0.2) is 0 Å². The maximum atomic E-state index is 13.9. The molecule has 0 saturated carbocycles. The summed E-state index contributed by atoms with van der Waals surface area (Å²) in [5.74, 6) is -0.877. The van der Waals surface area contributed by atoms with Gasteiger partial charge in [-0.1, -0.05) is 0 Å². The molecular formula is C11H14BrFN2O4S. The molecule has 6 nitrogen and oxygen atoms in total. The van der Waals surface area contributed by atoms with Crippen LogP contribution in [0.25, 0.3) is 0 Å². The van der Waals surface area contributed by atoms with E-state index >= 15 is 0 Å². The van der Waals surface area contributed by atoms with Crippen LogP contribution in [0.3, 0.4) is 0 Å². The standard InChI is InChI=1S/C11H14BrFN2O4S/c12-8-3-9(13)11(4-10(8)14)20(17,18)15-1-2-19-7(5-15)6-16/h3-4,7,16H,1-2,5-6,14H2. The second kappa shape index (κ2) is 5.94. The van der Waals surface area contributed by atoms with E-state index < -0.39 is 26.8 Å². The summed E-state index contributed by atoms with van der Waals surface area (Å²) >= 11 is 3.04. The van der Waals surface area contributed by atoms with Crippen LogP contribution in [0.2, 0.25) is 0 Å². The molecule has 1 atom stereocenters. The van der Waals surface area contributed by atoms with E-state index in [1.54, 1.807) is 0 Å². The van der Waals surface area contributed by atoms with Crippen LogP contribution >= 0.6 is 15.9 Å². The van der Waals surface area contributed by atoms with E-state index in [-0.39, 0.29) is 32.0 Å². The summed E-state index contributed by atoms with van der Waals surface area (Å²) in [5.41, 5.74) is 5.74. The fourth-order valence-electron chi connectivity index (χ4n) is 1.90. The van der Waals surface area contributed by atoms with Crippen molar-refractivity contribution in [2.75, 3.05) is 32.0 Å². The zero-order chi connectivity index (χ0) is 14.9. The molecule has 9 heteroatoms. The Bertz CT molecular complexity index is 611. The number of rotatable bonds is 3. The van der Waals surface area contributed by atoms with Crippen molar-refractivity contribution in [1.82, 2.24) is 4.31 Å². The summed E-state index contributed by atoms with van der Waals surface area (Å²) in [5, 5.41) is 9.03. The van der Waals surface area contributed by atoms with Gasteiger partial charge in [-0.15, -0.1) is 0 Å². The van der Waals surface area contributed by atoms with Crippen molar-refractivity contribution < 1.29 is 22.7 Å². The zero-order valence-electron chi connectivity index (χ0n) is 10.4. The van der Waals surface area contributed by atoms with E-state index in [0.717, 1.165) is 16.4 Å². The Morgan fingerprint density at radius 1 is 1.55 bits per heavy atom. The van der Waals surface area contributed by atoms with E-state index in [4.69, 9.17) is 15.6 Å². The van der Waals surface area contributed by atoms with Crippen molar-refractivity contribution >= 4 is 31.6 Å². The number of anilines is 1. The number of nitrogens with zero attached hydrogens (tertiary/aromatic N) is 1. The first-order valence-electron chi connectivity index (χ1n) is 5.83. The molecule has 2 rings (SSSR count). The van der Waals surface area contributed by atoms with Crippen molar-refractivity contribution in [3.8, 4) is 0 Å². The SMILES string of the molecule is Nc1cc(S(=O)(=O)N2CCOC(CO)C2)c(F)cc1Br. The fraction of sp³-hybridized carbons (Fsp3) is 0.455. The predicted molar refractivity (Wildman–Crippen MR) is 74.1 cm³/mol. The number of hydrogen-bond donors (Lipinski definition) is 2. The summed E-state index contributed by atoms with van der Waals surface area (Å²) in [6.45, 7) is -0.0580. The van der Waals surface area contributed by atoms with Gasteiger partial charge in [-0.25, -0.2) is 12.8 Å². The molecule has 1 aromatic rings. The number of aliphatic hydroxyl groups excluding tert-OH is 1. The minimum atomic E-state index is -4.01. The number of aliphatic hydroxyl groups is 1. The van der Waals surface area contributed by atoms with Crippen LogP contribution in [0, 0.1) is 5.82 Å². The predicted octanol–water partition coefficient (Wildman–Crippen LogP) is 0.552. The van der Waals surface area contributed by atoms with Gasteiger partial charge in [0.25, 0.3) is 0 Å². The minimum Gasteiger partial charge on any atom is -0.398 e. The lowest BCUT2D eigenvalue weighted by atomic mass is 10.3. The highest BCUT2D eigenvalue weighted by molar-refractivity contribution is 9.10. The maximum Gasteiger partial charge on any atom is 0.246 e. The molecule has 0 aromatic heterocycles. The normalized spacial score (nSPS) is 21.1. The molecule has 0 spiro atoms. The van der Waals surface area contributed by atoms with Crippen molar-refractivity contribution in [3.63, 3.8) is 0 Å². The summed E-state index contributed by atoms with van der Waals surface area (Å²) in [6, 6.07) is 2.10. The number of hydrogen-bond acceptors (Lipinski definition) is 5. The highest BCUT2D eigenvalue weighted by Crippen LogP contribution is 2.28. The summed E-state index contributed by atoms with van der Waals surface area (Å²) in [6.07, 6.45) is -0.602. The number of benzene rings is 1. The van der Waals surface area contributed by atoms with Gasteiger partial charge in [0, 0.05) is 23.2 Å². The molecule has 0 amide bonds. The number of ether oxygens (including phenoxy) is 1. The molecule has 0 bridgehead atoms. The Hall–Kier alpha value is -0.740. The largest absolute Gasteiger partial charge is 0.398 e. The molecule has 1 aliphatic rings. The average molecular weight is 369 g/mol. The minimum absolute atomic E-state index is 0.0196. The Labute approximate surface area is 124 Å². The second-order valence-corrected chi connectivity index (χ2v) is 7.10. The van der Waals surface area contributed by atoms with E-state index in [1.807, 2.05) is 0 Å². The first-order valence-corrected chi connectivity index (χ1v) is 8.06. The molecule has 1 saturated heterocycles. The molecule has 3 N–H and O–H groups in total. The van der Waals surface area contributed by atoms with Crippen LogP contribution < -0.4 is 5.73 Å². The van der Waals surface area contributed by atoms with Gasteiger partial charge in [-0.2, -0.15) is 4.31 Å². The van der Waals surface area contributed by atoms with Crippen LogP contribution in [0.4, 0.5) is 10.1 Å². The van der Waals surface area contributed by atoms with Gasteiger partial charge in [0.1, 0.15) is 10.7 Å². The van der Waals surface area contributed by atoms with Crippen molar-refractivity contribution in [2.45, 2.75) is 11.0 Å². The Morgan fingerprint density at radius 2 is 2.25 bits per heavy atom. The Balaban J connectivity index is 2.37. The molecule has 112 valence electrons. The molecule has 1 heterocycles. The average Bonchev–Trinajstić information content (AvgIpc) is 2.42. The van der Waals surface area contributed by atoms with Crippen molar-refractivity contribution in [2.24, 2.45) is 0 Å². The summed E-state index contributed by atoms with van der Waals surface area (Å²) < 4.78 is 45.3. The van der Waals surface area contributed by atoms with Gasteiger partial charge in [0.05, 0.1) is 19.3 Å². The lowest BCUT2D eigenvalue weighted by Gasteiger charge is -2.31. The van der Waals surface area contributed by atoms with E-state index in [1.165, 1.54) is 0 Å². The third-order valence-corrected chi connectivity index (χ3v) is 5.54. The molecule has 0 aliphatic carbocycles. The third kappa shape index (κ3) is 2.96. The number of halogens is 2. The van der Waals surface area contributed by atoms with Gasteiger partial charge in [-0.3, -0.25) is 0 Å². The Morgan fingerprint density at radius 3 is 2.90 bits per heavy atom. The smallest absolute Gasteiger partial charge is 0.246 e. The molecule has 0 radical (unpaired) electrons. The summed E-state index contributed by atoms with van der Waals surface area (Å²) in [7, 11) is -4.01. The quantitative estimate of drug-likeness (QED) is 0.760. The lowest BCUT2D eigenvalue weighted by Crippen LogP contribution is -2.46. The number of sulfonamides is 1. The van der Waals surface area contributed by atoms with Gasteiger partial charge >= 0.3 is 0 Å². The van der Waals surface area contributed by atoms with Crippen LogP contribution in [-0.2, 0) is 14.8 Å². The topological polar surface area (TPSA) is 92.9 Å². The molecule has 1 fully saturated rings. The van der Waals surface area contributed by atoms with Crippen LogP contribution in [-0.4, -0.2) is 50.2 Å². The molecule has 1 aliphatic heterocycles. The van der Waals surface area contributed by atoms with E-state index in [2.05, 4.69) is 15.9 Å². The number of nitrogens with two attached hydrogens (primary N) is 1. The number of morpholine rings is 1. The Kier molecular flexibility index (Phi) is 4.65. The summed E-state index contributed by atoms with van der Waals surface area (Å²) in [4.78, 5) is -0.475. The van der Waals surface area contributed by atoms with Gasteiger partial charge in [0.2, 0.25) is 10.0 Å². The van der Waals surface area contributed by atoms with Crippen LogP contribution in [0.5, 0.6) is 0 Å². The molecule has 20 heavy (non-hydrogen) atoms. The van der Waals surface area contributed by atoms with E-state index in [0.29, 0.717) is 4.47 Å². The first-order chi connectivity index (χ1) is 9.36. The fourth-order valence-corrected chi connectivity index (χ4v) is 3.75. The third-order valence-electron chi connectivity index (χ3n) is 2.97. The molecular weight excluding hydrogens is 355 g/mol.